The summed E-state index contributed by atoms with van der Waals surface area (Å²) in [6.07, 6.45) is 0. The number of fused-ring (bicyclic) bond motifs is 1. The summed E-state index contributed by atoms with van der Waals surface area (Å²) in [5, 5.41) is 3.24. The highest BCUT2D eigenvalue weighted by Crippen LogP contribution is 2.21. The molecule has 30 heavy (non-hydrogen) atoms. The molecule has 2 N–H and O–H groups in total. The van der Waals surface area contributed by atoms with Gasteiger partial charge in [-0.3, -0.25) is 14.4 Å². The molecule has 0 aliphatic heterocycles. The molecule has 1 aromatic heterocycles. The zero-order chi connectivity index (χ0) is 21.9. The molecule has 0 bridgehead atoms. The fraction of sp³-hybridized carbons (Fsp3) is 0.217. The number of nitrogens with one attached hydrogen (secondary N) is 2. The van der Waals surface area contributed by atoms with Gasteiger partial charge in [-0.15, -0.1) is 0 Å². The Labute approximate surface area is 173 Å². The van der Waals surface area contributed by atoms with Crippen LogP contribution in [0.1, 0.15) is 41.5 Å². The number of ketones is 1. The molecule has 7 nitrogen and oxygen atoms in total. The first-order valence-electron chi connectivity index (χ1n) is 9.39. The molecule has 0 saturated carbocycles. The molecule has 154 valence electrons. The molecule has 2 aromatic carbocycles. The quantitative estimate of drug-likeness (QED) is 0.631. The third-order valence-corrected chi connectivity index (χ3v) is 4.56. The van der Waals surface area contributed by atoms with E-state index in [9.17, 15) is 19.2 Å². The summed E-state index contributed by atoms with van der Waals surface area (Å²) in [6.45, 7) is 4.86. The average Bonchev–Trinajstić information content (AvgIpc) is 2.70. The Kier molecular flexibility index (Phi) is 5.82. The molecular formula is C23H22N2O5. The molecule has 0 aliphatic rings. The minimum absolute atomic E-state index is 0.113. The second-order valence-corrected chi connectivity index (χ2v) is 7.84. The van der Waals surface area contributed by atoms with Gasteiger partial charge in [0, 0.05) is 22.4 Å². The maximum Gasteiger partial charge on any atom is 0.340 e. The molecule has 0 aliphatic carbocycles. The molecule has 3 rings (SSSR count). The lowest BCUT2D eigenvalue weighted by molar-refractivity contribution is -0.129. The number of Topliss-reactive ketones (excluding diaryl/α,β-unsaturated/α-hetero) is 1. The van der Waals surface area contributed by atoms with Crippen LogP contribution < -0.4 is 10.9 Å². The van der Waals surface area contributed by atoms with Crippen molar-refractivity contribution in [3.8, 4) is 0 Å². The summed E-state index contributed by atoms with van der Waals surface area (Å²) in [7, 11) is 0. The molecule has 0 unspecified atom stereocenters. The molecule has 0 spiro atoms. The first-order valence-corrected chi connectivity index (χ1v) is 9.39. The molecule has 0 saturated heterocycles. The van der Waals surface area contributed by atoms with Gasteiger partial charge in [-0.25, -0.2) is 4.79 Å². The van der Waals surface area contributed by atoms with Crippen molar-refractivity contribution in [2.75, 3.05) is 11.9 Å². The molecule has 0 atom stereocenters. The summed E-state index contributed by atoms with van der Waals surface area (Å²) in [6, 6.07) is 14.5. The van der Waals surface area contributed by atoms with Crippen LogP contribution in [0.4, 0.5) is 5.69 Å². The largest absolute Gasteiger partial charge is 0.454 e. The monoisotopic (exact) mass is 406 g/mol. The highest BCUT2D eigenvalue weighted by atomic mass is 16.5. The summed E-state index contributed by atoms with van der Waals surface area (Å²) in [4.78, 5) is 52.0. The van der Waals surface area contributed by atoms with Crippen molar-refractivity contribution in [3.63, 3.8) is 0 Å². The molecule has 0 fully saturated rings. The number of H-pyrrole nitrogens is 1. The van der Waals surface area contributed by atoms with Crippen LogP contribution in [0, 0.1) is 5.41 Å². The van der Waals surface area contributed by atoms with E-state index in [1.54, 1.807) is 63.2 Å². The van der Waals surface area contributed by atoms with Crippen LogP contribution in [0.5, 0.6) is 0 Å². The number of carbonyl (C=O) groups is 3. The lowest BCUT2D eigenvalue weighted by Crippen LogP contribution is -2.26. The highest BCUT2D eigenvalue weighted by molar-refractivity contribution is 6.14. The normalized spacial score (nSPS) is 11.2. The second kappa shape index (κ2) is 8.32. The zero-order valence-electron chi connectivity index (χ0n) is 16.9. The zero-order valence-corrected chi connectivity index (χ0v) is 16.9. The average molecular weight is 406 g/mol. The van der Waals surface area contributed by atoms with Crippen molar-refractivity contribution in [1.29, 1.82) is 0 Å². The third kappa shape index (κ3) is 4.63. The minimum Gasteiger partial charge on any atom is -0.454 e. The van der Waals surface area contributed by atoms with Crippen LogP contribution in [0.25, 0.3) is 10.9 Å². The van der Waals surface area contributed by atoms with Crippen molar-refractivity contribution in [2.45, 2.75) is 20.8 Å². The van der Waals surface area contributed by atoms with E-state index < -0.39 is 22.9 Å². The van der Waals surface area contributed by atoms with Gasteiger partial charge in [-0.05, 0) is 18.2 Å². The van der Waals surface area contributed by atoms with E-state index >= 15 is 0 Å². The Morgan fingerprint density at radius 2 is 1.63 bits per heavy atom. The fourth-order valence-corrected chi connectivity index (χ4v) is 2.78. The number of rotatable bonds is 5. The van der Waals surface area contributed by atoms with Gasteiger partial charge < -0.3 is 15.0 Å². The van der Waals surface area contributed by atoms with Crippen LogP contribution in [0.15, 0.2) is 59.4 Å². The molecule has 7 heteroatoms. The number of ether oxygens (including phenoxy) is 1. The van der Waals surface area contributed by atoms with Gasteiger partial charge in [0.2, 0.25) is 5.56 Å². The standard InChI is InChI=1S/C23H22N2O5/c1-23(2,3)19(26)13-30-22(29)15-9-5-7-11-18(15)25-21(28)16-12-20(27)24-17-10-6-4-8-14(16)17/h4-12H,13H2,1-3H3,(H,24,27)(H,25,28). The molecule has 1 heterocycles. The Hall–Kier alpha value is -3.74. The third-order valence-electron chi connectivity index (χ3n) is 4.56. The van der Waals surface area contributed by atoms with E-state index in [-0.39, 0.29) is 29.2 Å². The number of para-hydroxylation sites is 2. The van der Waals surface area contributed by atoms with Crippen molar-refractivity contribution < 1.29 is 19.1 Å². The van der Waals surface area contributed by atoms with Crippen LogP contribution in [-0.4, -0.2) is 29.3 Å². The molecule has 1 amide bonds. The van der Waals surface area contributed by atoms with E-state index in [4.69, 9.17) is 4.74 Å². The van der Waals surface area contributed by atoms with Crippen LogP contribution in [-0.2, 0) is 9.53 Å². The van der Waals surface area contributed by atoms with Crippen LogP contribution in [0.3, 0.4) is 0 Å². The van der Waals surface area contributed by atoms with E-state index in [0.29, 0.717) is 10.9 Å². The number of hydrogen-bond acceptors (Lipinski definition) is 5. The molecular weight excluding hydrogens is 384 g/mol. The van der Waals surface area contributed by atoms with Crippen molar-refractivity contribution in [3.05, 3.63) is 76.1 Å². The number of amides is 1. The van der Waals surface area contributed by atoms with E-state index in [2.05, 4.69) is 10.3 Å². The lowest BCUT2D eigenvalue weighted by Gasteiger charge is -2.17. The number of aromatic nitrogens is 1. The first-order chi connectivity index (χ1) is 14.2. The van der Waals surface area contributed by atoms with E-state index in [1.807, 2.05) is 0 Å². The van der Waals surface area contributed by atoms with Gasteiger partial charge in [0.25, 0.3) is 5.91 Å². The van der Waals surface area contributed by atoms with Crippen molar-refractivity contribution in [2.24, 2.45) is 5.41 Å². The Morgan fingerprint density at radius 1 is 0.967 bits per heavy atom. The number of aromatic amines is 1. The van der Waals surface area contributed by atoms with Crippen LogP contribution in [0.2, 0.25) is 0 Å². The predicted molar refractivity (Wildman–Crippen MR) is 114 cm³/mol. The Bertz CT molecular complexity index is 1190. The number of anilines is 1. The number of pyridine rings is 1. The van der Waals surface area contributed by atoms with E-state index in [0.717, 1.165) is 0 Å². The Balaban J connectivity index is 1.85. The number of carbonyl (C=O) groups excluding carboxylic acids is 3. The maximum absolute atomic E-state index is 12.9. The highest BCUT2D eigenvalue weighted by Gasteiger charge is 2.24. The van der Waals surface area contributed by atoms with Crippen LogP contribution >= 0.6 is 0 Å². The van der Waals surface area contributed by atoms with Gasteiger partial charge in [0.05, 0.1) is 16.8 Å². The summed E-state index contributed by atoms with van der Waals surface area (Å²) >= 11 is 0. The number of esters is 1. The molecule has 0 radical (unpaired) electrons. The van der Waals surface area contributed by atoms with Crippen molar-refractivity contribution >= 4 is 34.3 Å². The topological polar surface area (TPSA) is 105 Å². The Morgan fingerprint density at radius 3 is 2.37 bits per heavy atom. The first kappa shape index (κ1) is 21.0. The van der Waals surface area contributed by atoms with E-state index in [1.165, 1.54) is 12.1 Å². The summed E-state index contributed by atoms with van der Waals surface area (Å²) < 4.78 is 5.14. The smallest absolute Gasteiger partial charge is 0.340 e. The fourth-order valence-electron chi connectivity index (χ4n) is 2.78. The van der Waals surface area contributed by atoms with Gasteiger partial charge in [-0.1, -0.05) is 51.1 Å². The van der Waals surface area contributed by atoms with Gasteiger partial charge in [-0.2, -0.15) is 0 Å². The van der Waals surface area contributed by atoms with Gasteiger partial charge in [0.1, 0.15) is 0 Å². The lowest BCUT2D eigenvalue weighted by atomic mass is 9.91. The minimum atomic E-state index is -0.723. The second-order valence-electron chi connectivity index (χ2n) is 7.84. The predicted octanol–water partition coefficient (Wildman–Crippen LogP) is 3.55. The van der Waals surface area contributed by atoms with Gasteiger partial charge >= 0.3 is 5.97 Å². The van der Waals surface area contributed by atoms with Crippen molar-refractivity contribution in [1.82, 2.24) is 4.98 Å². The summed E-state index contributed by atoms with van der Waals surface area (Å²) in [5.74, 6) is -1.48. The maximum atomic E-state index is 12.9. The summed E-state index contributed by atoms with van der Waals surface area (Å²) in [5.41, 5.74) is 0.00749. The van der Waals surface area contributed by atoms with Gasteiger partial charge in [0.15, 0.2) is 12.4 Å². The number of benzene rings is 2. The molecule has 3 aromatic rings. The SMILES string of the molecule is CC(C)(C)C(=O)COC(=O)c1ccccc1NC(=O)c1cc(=O)[nH]c2ccccc12. The number of hydrogen-bond donors (Lipinski definition) is 2.